The summed E-state index contributed by atoms with van der Waals surface area (Å²) in [4.78, 5) is 8.49. The number of para-hydroxylation sites is 1. The second-order valence-corrected chi connectivity index (χ2v) is 6.21. The fourth-order valence-corrected chi connectivity index (χ4v) is 2.98. The van der Waals surface area contributed by atoms with Gasteiger partial charge in [0.25, 0.3) is 5.78 Å². The van der Waals surface area contributed by atoms with Gasteiger partial charge in [-0.1, -0.05) is 30.3 Å². The summed E-state index contributed by atoms with van der Waals surface area (Å²) in [5, 5.41) is 8.42. The first-order valence-electron chi connectivity index (χ1n) is 8.81. The van der Waals surface area contributed by atoms with Crippen molar-refractivity contribution < 1.29 is 4.74 Å². The molecule has 3 aromatic heterocycles. The number of ether oxygens (including phenoxy) is 1. The monoisotopic (exact) mass is 365 g/mol. The first-order chi connectivity index (χ1) is 13.9. The van der Waals surface area contributed by atoms with Crippen molar-refractivity contribution in [3.8, 4) is 34.0 Å². The number of hydrogen-bond donors (Lipinski definition) is 0. The molecule has 0 atom stereocenters. The fraction of sp³-hybridized carbons (Fsp3) is 0. The zero-order valence-corrected chi connectivity index (χ0v) is 14.8. The molecule has 2 aromatic carbocycles. The van der Waals surface area contributed by atoms with E-state index in [0.29, 0.717) is 5.78 Å². The van der Waals surface area contributed by atoms with E-state index in [9.17, 15) is 0 Å². The van der Waals surface area contributed by atoms with Gasteiger partial charge in [-0.15, -0.1) is 10.2 Å². The van der Waals surface area contributed by atoms with Crippen molar-refractivity contribution in [3.63, 3.8) is 0 Å². The lowest BCUT2D eigenvalue weighted by Gasteiger charge is -2.07. The van der Waals surface area contributed by atoms with Gasteiger partial charge in [0, 0.05) is 35.9 Å². The van der Waals surface area contributed by atoms with Crippen molar-refractivity contribution in [1.82, 2.24) is 24.6 Å². The largest absolute Gasteiger partial charge is 0.457 e. The fourth-order valence-electron chi connectivity index (χ4n) is 2.98. The van der Waals surface area contributed by atoms with Crippen molar-refractivity contribution in [1.29, 1.82) is 0 Å². The maximum atomic E-state index is 5.86. The molecule has 0 radical (unpaired) electrons. The summed E-state index contributed by atoms with van der Waals surface area (Å²) in [5.41, 5.74) is 2.94. The van der Waals surface area contributed by atoms with E-state index in [4.69, 9.17) is 4.74 Å². The van der Waals surface area contributed by atoms with Crippen molar-refractivity contribution in [2.45, 2.75) is 0 Å². The van der Waals surface area contributed by atoms with Crippen LogP contribution >= 0.6 is 0 Å². The van der Waals surface area contributed by atoms with Gasteiger partial charge in [-0.2, -0.15) is 0 Å². The lowest BCUT2D eigenvalue weighted by Crippen LogP contribution is -1.93. The Bertz CT molecular complexity index is 1220. The Kier molecular flexibility index (Phi) is 3.99. The number of aromatic nitrogens is 5. The van der Waals surface area contributed by atoms with Gasteiger partial charge in [0.2, 0.25) is 0 Å². The minimum atomic E-state index is 0.555. The Balaban J connectivity index is 1.47. The van der Waals surface area contributed by atoms with E-state index in [-0.39, 0.29) is 0 Å². The van der Waals surface area contributed by atoms with Crippen LogP contribution in [0.5, 0.6) is 11.5 Å². The number of hydrogen-bond acceptors (Lipinski definition) is 5. The minimum Gasteiger partial charge on any atom is -0.457 e. The van der Waals surface area contributed by atoms with Crippen LogP contribution in [0, 0.1) is 0 Å². The molecule has 28 heavy (non-hydrogen) atoms. The molecule has 6 nitrogen and oxygen atoms in total. The second-order valence-electron chi connectivity index (χ2n) is 6.21. The van der Waals surface area contributed by atoms with E-state index in [1.165, 1.54) is 0 Å². The molecule has 6 heteroatoms. The molecule has 134 valence electrons. The zero-order chi connectivity index (χ0) is 18.8. The number of rotatable bonds is 4. The summed E-state index contributed by atoms with van der Waals surface area (Å²) in [6, 6.07) is 21.4. The van der Waals surface area contributed by atoms with Crippen molar-refractivity contribution in [2.75, 3.05) is 0 Å². The quantitative estimate of drug-likeness (QED) is 0.464. The maximum Gasteiger partial charge on any atom is 0.255 e. The average Bonchev–Trinajstić information content (AvgIpc) is 3.19. The van der Waals surface area contributed by atoms with E-state index in [1.54, 1.807) is 18.6 Å². The van der Waals surface area contributed by atoms with Crippen LogP contribution in [0.1, 0.15) is 0 Å². The molecule has 0 saturated heterocycles. The van der Waals surface area contributed by atoms with Gasteiger partial charge in [-0.05, 0) is 42.0 Å². The summed E-state index contributed by atoms with van der Waals surface area (Å²) in [6.07, 6.45) is 7.26. The van der Waals surface area contributed by atoms with Gasteiger partial charge in [0.1, 0.15) is 11.5 Å². The SMILES string of the molecule is c1ccc(Oc2ccc(-c3cnc4nnc(-c5ccncc5)n4c3)cc2)cc1. The Morgan fingerprint density at radius 3 is 2.21 bits per heavy atom. The molecule has 0 saturated carbocycles. The Hall–Kier alpha value is -4.06. The summed E-state index contributed by atoms with van der Waals surface area (Å²) in [5.74, 6) is 2.88. The van der Waals surface area contributed by atoms with Crippen LogP contribution in [0.4, 0.5) is 0 Å². The average molecular weight is 365 g/mol. The molecule has 0 aliphatic carbocycles. The number of nitrogens with zero attached hydrogens (tertiary/aromatic N) is 5. The predicted molar refractivity (Wildman–Crippen MR) is 106 cm³/mol. The molecule has 5 rings (SSSR count). The highest BCUT2D eigenvalue weighted by molar-refractivity contribution is 5.65. The number of fused-ring (bicyclic) bond motifs is 1. The first-order valence-corrected chi connectivity index (χ1v) is 8.81. The molecular weight excluding hydrogens is 350 g/mol. The summed E-state index contributed by atoms with van der Waals surface area (Å²) in [7, 11) is 0. The van der Waals surface area contributed by atoms with E-state index >= 15 is 0 Å². The topological polar surface area (TPSA) is 65.2 Å². The highest BCUT2D eigenvalue weighted by Gasteiger charge is 2.10. The summed E-state index contributed by atoms with van der Waals surface area (Å²) >= 11 is 0. The second kappa shape index (κ2) is 6.92. The van der Waals surface area contributed by atoms with Crippen molar-refractivity contribution in [2.24, 2.45) is 0 Å². The molecule has 0 unspecified atom stereocenters. The van der Waals surface area contributed by atoms with E-state index < -0.39 is 0 Å². The zero-order valence-electron chi connectivity index (χ0n) is 14.8. The molecule has 0 spiro atoms. The smallest absolute Gasteiger partial charge is 0.255 e. The third-order valence-electron chi connectivity index (χ3n) is 4.37. The van der Waals surface area contributed by atoms with E-state index in [1.807, 2.05) is 77.3 Å². The Labute approximate surface area is 161 Å². The van der Waals surface area contributed by atoms with E-state index in [0.717, 1.165) is 34.0 Å². The Morgan fingerprint density at radius 2 is 1.43 bits per heavy atom. The minimum absolute atomic E-state index is 0.555. The van der Waals surface area contributed by atoms with E-state index in [2.05, 4.69) is 20.2 Å². The Morgan fingerprint density at radius 1 is 0.679 bits per heavy atom. The summed E-state index contributed by atoms with van der Waals surface area (Å²) in [6.45, 7) is 0. The predicted octanol–water partition coefficient (Wildman–Crippen LogP) is 4.65. The van der Waals surface area contributed by atoms with Gasteiger partial charge in [0.15, 0.2) is 5.82 Å². The van der Waals surface area contributed by atoms with Gasteiger partial charge in [-0.25, -0.2) is 4.98 Å². The van der Waals surface area contributed by atoms with Crippen LogP contribution in [0.25, 0.3) is 28.3 Å². The van der Waals surface area contributed by atoms with Crippen LogP contribution in [-0.2, 0) is 0 Å². The maximum absolute atomic E-state index is 5.86. The molecule has 5 aromatic rings. The van der Waals surface area contributed by atoms with Crippen LogP contribution in [0.3, 0.4) is 0 Å². The molecule has 3 heterocycles. The standard InChI is InChI=1S/C22H15N5O/c1-2-4-19(5-3-1)28-20-8-6-16(7-9-20)18-14-24-22-26-25-21(27(22)15-18)17-10-12-23-13-11-17/h1-15H. The molecule has 0 fully saturated rings. The van der Waals surface area contributed by atoms with Gasteiger partial charge < -0.3 is 4.74 Å². The molecule has 0 bridgehead atoms. The third-order valence-corrected chi connectivity index (χ3v) is 4.37. The highest BCUT2D eigenvalue weighted by Crippen LogP contribution is 2.26. The molecule has 0 N–H and O–H groups in total. The van der Waals surface area contributed by atoms with Crippen LogP contribution in [0.15, 0.2) is 91.5 Å². The van der Waals surface area contributed by atoms with Crippen molar-refractivity contribution >= 4 is 5.78 Å². The lowest BCUT2D eigenvalue weighted by atomic mass is 10.1. The van der Waals surface area contributed by atoms with Gasteiger partial charge in [-0.3, -0.25) is 9.38 Å². The third kappa shape index (κ3) is 3.07. The molecule has 0 amide bonds. The van der Waals surface area contributed by atoms with Gasteiger partial charge in [0.05, 0.1) is 0 Å². The molecular formula is C22H15N5O. The first kappa shape index (κ1) is 16.1. The highest BCUT2D eigenvalue weighted by atomic mass is 16.5. The number of benzene rings is 2. The van der Waals surface area contributed by atoms with Gasteiger partial charge >= 0.3 is 0 Å². The normalized spacial score (nSPS) is 10.9. The number of pyridine rings is 1. The van der Waals surface area contributed by atoms with Crippen LogP contribution in [-0.4, -0.2) is 24.6 Å². The lowest BCUT2D eigenvalue weighted by molar-refractivity contribution is 0.483. The van der Waals surface area contributed by atoms with Crippen LogP contribution in [0.2, 0.25) is 0 Å². The van der Waals surface area contributed by atoms with Crippen molar-refractivity contribution in [3.05, 3.63) is 91.5 Å². The molecule has 0 aliphatic heterocycles. The van der Waals surface area contributed by atoms with Crippen LogP contribution < -0.4 is 4.74 Å². The summed E-state index contributed by atoms with van der Waals surface area (Å²) < 4.78 is 7.75. The molecule has 0 aliphatic rings.